The van der Waals surface area contributed by atoms with Crippen LogP contribution in [0.3, 0.4) is 0 Å². The lowest BCUT2D eigenvalue weighted by Crippen LogP contribution is -2.43. The number of aromatic nitrogens is 2. The number of nitrogens with one attached hydrogen (secondary N) is 2. The van der Waals surface area contributed by atoms with Crippen molar-refractivity contribution in [3.05, 3.63) is 83.8 Å². The highest BCUT2D eigenvalue weighted by atomic mass is 35.5. The van der Waals surface area contributed by atoms with E-state index in [-0.39, 0.29) is 5.82 Å². The normalized spacial score (nSPS) is 14.2. The highest BCUT2D eigenvalue weighted by Crippen LogP contribution is 2.37. The van der Waals surface area contributed by atoms with Crippen LogP contribution in [-0.2, 0) is 0 Å². The van der Waals surface area contributed by atoms with Crippen molar-refractivity contribution in [1.29, 1.82) is 0 Å². The minimum atomic E-state index is -0.300. The fourth-order valence-corrected chi connectivity index (χ4v) is 3.96. The van der Waals surface area contributed by atoms with Crippen LogP contribution in [0, 0.1) is 12.7 Å². The second-order valence-electron chi connectivity index (χ2n) is 7.71. The molecule has 4 rings (SSSR count). The van der Waals surface area contributed by atoms with E-state index in [0.29, 0.717) is 33.9 Å². The Balaban J connectivity index is 1.36. The lowest BCUT2D eigenvalue weighted by atomic mass is 10.1. The summed E-state index contributed by atoms with van der Waals surface area (Å²) in [6.45, 7) is 7.45. The predicted molar refractivity (Wildman–Crippen MR) is 126 cm³/mol. The lowest BCUT2D eigenvalue weighted by Gasteiger charge is -2.34. The number of nitrogens with zero attached hydrogens (tertiary/aromatic N) is 3. The number of halogens is 2. The first kappa shape index (κ1) is 21.9. The van der Waals surface area contributed by atoms with E-state index in [1.807, 2.05) is 12.1 Å². The van der Waals surface area contributed by atoms with Crippen molar-refractivity contribution in [2.75, 3.05) is 23.3 Å². The Morgan fingerprint density at radius 1 is 1.19 bits per heavy atom. The van der Waals surface area contributed by atoms with Gasteiger partial charge in [-0.2, -0.15) is 0 Å². The maximum Gasteiger partial charge on any atom is 0.151 e. The summed E-state index contributed by atoms with van der Waals surface area (Å²) >= 11 is 6.64. The van der Waals surface area contributed by atoms with Gasteiger partial charge in [0.1, 0.15) is 16.6 Å². The van der Waals surface area contributed by atoms with E-state index >= 15 is 0 Å². The van der Waals surface area contributed by atoms with E-state index in [0.717, 1.165) is 37.4 Å². The molecule has 8 heteroatoms. The van der Waals surface area contributed by atoms with E-state index in [9.17, 15) is 4.39 Å². The summed E-state index contributed by atoms with van der Waals surface area (Å²) in [7, 11) is 0. The average molecular weight is 454 g/mol. The van der Waals surface area contributed by atoms with Crippen LogP contribution in [0.5, 0.6) is 11.5 Å². The molecule has 3 aromatic rings. The zero-order valence-electron chi connectivity index (χ0n) is 17.8. The highest BCUT2D eigenvalue weighted by Gasteiger charge is 2.23. The first-order valence-electron chi connectivity index (χ1n) is 10.5. The molecule has 1 aliphatic rings. The quantitative estimate of drug-likeness (QED) is 0.491. The third-order valence-corrected chi connectivity index (χ3v) is 5.68. The number of aryl methyl sites for hydroxylation is 1. The molecule has 3 heterocycles. The van der Waals surface area contributed by atoms with Crippen molar-refractivity contribution >= 4 is 23.1 Å². The van der Waals surface area contributed by atoms with E-state index < -0.39 is 0 Å². The Bertz CT molecular complexity index is 1090. The van der Waals surface area contributed by atoms with Crippen LogP contribution >= 0.6 is 11.6 Å². The van der Waals surface area contributed by atoms with Crippen molar-refractivity contribution in [2.24, 2.45) is 0 Å². The largest absolute Gasteiger partial charge is 0.455 e. The molecule has 0 amide bonds. The number of piperidine rings is 1. The molecule has 0 aliphatic carbocycles. The van der Waals surface area contributed by atoms with Gasteiger partial charge in [-0.15, -0.1) is 0 Å². The molecule has 0 unspecified atom stereocenters. The van der Waals surface area contributed by atoms with E-state index in [1.165, 1.54) is 12.1 Å². The van der Waals surface area contributed by atoms with Gasteiger partial charge in [0.25, 0.3) is 0 Å². The number of ether oxygens (including phenoxy) is 1. The van der Waals surface area contributed by atoms with Gasteiger partial charge in [-0.3, -0.25) is 4.98 Å². The molecule has 1 saturated heterocycles. The Morgan fingerprint density at radius 2 is 2.00 bits per heavy atom. The number of pyridine rings is 2. The zero-order chi connectivity index (χ0) is 22.5. The van der Waals surface area contributed by atoms with Crippen molar-refractivity contribution < 1.29 is 9.13 Å². The second-order valence-corrected chi connectivity index (χ2v) is 8.09. The van der Waals surface area contributed by atoms with Crippen LogP contribution in [0.1, 0.15) is 18.4 Å². The molecule has 6 nitrogen and oxygen atoms in total. The topological polar surface area (TPSA) is 62.3 Å². The van der Waals surface area contributed by atoms with Crippen molar-refractivity contribution in [2.45, 2.75) is 25.8 Å². The number of hydrogen-bond donors (Lipinski definition) is 2. The molecule has 0 spiro atoms. The van der Waals surface area contributed by atoms with Crippen LogP contribution in [0.15, 0.2) is 67.4 Å². The molecular weight excluding hydrogens is 429 g/mol. The Hall–Kier alpha value is -3.32. The van der Waals surface area contributed by atoms with Crippen molar-refractivity contribution in [1.82, 2.24) is 15.3 Å². The van der Waals surface area contributed by atoms with Gasteiger partial charge in [-0.05, 0) is 55.7 Å². The summed E-state index contributed by atoms with van der Waals surface area (Å²) in [6, 6.07) is 10.2. The lowest BCUT2D eigenvalue weighted by molar-refractivity contribution is 0.443. The predicted octanol–water partition coefficient (Wildman–Crippen LogP) is 5.51. The van der Waals surface area contributed by atoms with Gasteiger partial charge in [0.2, 0.25) is 0 Å². The number of anilines is 2. The van der Waals surface area contributed by atoms with E-state index in [4.69, 9.17) is 16.3 Å². The average Bonchev–Trinajstić information content (AvgIpc) is 2.78. The van der Waals surface area contributed by atoms with Gasteiger partial charge < -0.3 is 20.3 Å². The molecule has 0 radical (unpaired) electrons. The number of benzene rings is 1. The van der Waals surface area contributed by atoms with Crippen LogP contribution < -0.4 is 20.3 Å². The Kier molecular flexibility index (Phi) is 6.75. The van der Waals surface area contributed by atoms with Gasteiger partial charge in [0.05, 0.1) is 17.7 Å². The minimum absolute atomic E-state index is 0.294. The third kappa shape index (κ3) is 5.29. The fraction of sp³-hybridized carbons (Fsp3) is 0.250. The standard InChI is InChI=1S/C24H25ClFN5O/c1-16-14-18(26)5-6-21(16)32-22-7-11-28-24(23(22)25)31-12-8-19(9-13-31)29-17(2)30-20-4-3-10-27-15-20/h3-7,10-11,14-15,19,29-30H,2,8-9,12-13H2,1H3. The zero-order valence-corrected chi connectivity index (χ0v) is 18.6. The van der Waals surface area contributed by atoms with Crippen LogP contribution in [0.4, 0.5) is 15.9 Å². The highest BCUT2D eigenvalue weighted by molar-refractivity contribution is 6.34. The SMILES string of the molecule is C=C(Nc1cccnc1)NC1CCN(c2nccc(Oc3ccc(F)cc3C)c2Cl)CC1. The first-order valence-corrected chi connectivity index (χ1v) is 10.8. The monoisotopic (exact) mass is 453 g/mol. The van der Waals surface area contributed by atoms with Gasteiger partial charge >= 0.3 is 0 Å². The number of rotatable bonds is 7. The smallest absolute Gasteiger partial charge is 0.151 e. The van der Waals surface area contributed by atoms with Gasteiger partial charge in [0, 0.05) is 37.6 Å². The summed E-state index contributed by atoms with van der Waals surface area (Å²) < 4.78 is 19.3. The molecule has 2 N–H and O–H groups in total. The minimum Gasteiger partial charge on any atom is -0.455 e. The molecule has 166 valence electrons. The molecule has 0 bridgehead atoms. The Labute approximate surface area is 192 Å². The molecule has 0 atom stereocenters. The summed E-state index contributed by atoms with van der Waals surface area (Å²) in [4.78, 5) is 10.7. The van der Waals surface area contributed by atoms with Crippen molar-refractivity contribution in [3.63, 3.8) is 0 Å². The van der Waals surface area contributed by atoms with Crippen molar-refractivity contribution in [3.8, 4) is 11.5 Å². The molecule has 2 aromatic heterocycles. The first-order chi connectivity index (χ1) is 15.5. The molecule has 1 fully saturated rings. The molecule has 1 aliphatic heterocycles. The number of hydrogen-bond acceptors (Lipinski definition) is 6. The molecule has 32 heavy (non-hydrogen) atoms. The summed E-state index contributed by atoms with van der Waals surface area (Å²) in [6.07, 6.45) is 6.99. The fourth-order valence-electron chi connectivity index (χ4n) is 3.69. The van der Waals surface area contributed by atoms with Gasteiger partial charge in [-0.25, -0.2) is 9.37 Å². The third-order valence-electron chi connectivity index (χ3n) is 5.32. The summed E-state index contributed by atoms with van der Waals surface area (Å²) in [5.41, 5.74) is 1.60. The molecular formula is C24H25ClFN5O. The molecule has 1 aromatic carbocycles. The van der Waals surface area contributed by atoms with E-state index in [2.05, 4.69) is 32.1 Å². The summed E-state index contributed by atoms with van der Waals surface area (Å²) in [5, 5.41) is 7.11. The maximum absolute atomic E-state index is 13.4. The summed E-state index contributed by atoms with van der Waals surface area (Å²) in [5.74, 6) is 2.20. The second kappa shape index (κ2) is 9.87. The maximum atomic E-state index is 13.4. The molecule has 0 saturated carbocycles. The van der Waals surface area contributed by atoms with Gasteiger partial charge in [-0.1, -0.05) is 18.2 Å². The van der Waals surface area contributed by atoms with Crippen LogP contribution in [-0.4, -0.2) is 29.1 Å². The van der Waals surface area contributed by atoms with Crippen LogP contribution in [0.25, 0.3) is 0 Å². The Morgan fingerprint density at radius 3 is 2.72 bits per heavy atom. The van der Waals surface area contributed by atoms with Gasteiger partial charge in [0.15, 0.2) is 11.6 Å². The van der Waals surface area contributed by atoms with E-state index in [1.54, 1.807) is 37.6 Å². The van der Waals surface area contributed by atoms with Crippen LogP contribution in [0.2, 0.25) is 5.02 Å².